The largest absolute Gasteiger partial charge is 0.416 e. The van der Waals surface area contributed by atoms with E-state index in [0.29, 0.717) is 12.3 Å². The van der Waals surface area contributed by atoms with Crippen LogP contribution in [0.15, 0.2) is 58.1 Å². The van der Waals surface area contributed by atoms with Crippen LogP contribution in [0.2, 0.25) is 0 Å². The smallest absolute Gasteiger partial charge is 0.376 e. The number of hydrogen-bond donors (Lipinski definition) is 1. The van der Waals surface area contributed by atoms with Crippen molar-refractivity contribution in [3.8, 4) is 5.69 Å². The molecule has 2 aromatic carbocycles. The van der Waals surface area contributed by atoms with Crippen molar-refractivity contribution in [3.05, 3.63) is 91.8 Å². The molecule has 0 spiro atoms. The molecule has 0 bridgehead atoms. The van der Waals surface area contributed by atoms with Gasteiger partial charge >= 0.3 is 11.9 Å². The highest BCUT2D eigenvalue weighted by Crippen LogP contribution is 2.29. The van der Waals surface area contributed by atoms with Gasteiger partial charge in [0.15, 0.2) is 0 Å². The number of carbonyl (C=O) groups is 1. The molecule has 1 atom stereocenters. The lowest BCUT2D eigenvalue weighted by molar-refractivity contribution is -0.137. The monoisotopic (exact) mass is 488 g/mol. The predicted octanol–water partition coefficient (Wildman–Crippen LogP) is 2.68. The van der Waals surface area contributed by atoms with Gasteiger partial charge in [0.1, 0.15) is 0 Å². The fourth-order valence-electron chi connectivity index (χ4n) is 3.80. The van der Waals surface area contributed by atoms with Crippen molar-refractivity contribution in [2.45, 2.75) is 38.6 Å². The molecule has 0 aliphatic carbocycles. The fraction of sp³-hybridized carbons (Fsp3) is 0.333. The van der Waals surface area contributed by atoms with Crippen LogP contribution in [0, 0.1) is 6.92 Å². The molecule has 4 rings (SSSR count). The number of ether oxygens (including phenoxy) is 1. The maximum absolute atomic E-state index is 13.2. The number of amides is 1. The van der Waals surface area contributed by atoms with Crippen molar-refractivity contribution in [1.29, 1.82) is 0 Å². The van der Waals surface area contributed by atoms with E-state index in [1.165, 1.54) is 12.1 Å². The molecule has 1 aromatic heterocycles. The molecular formula is C24H23F3N4O4. The number of alkyl halides is 3. The molecular weight excluding hydrogens is 465 g/mol. The second kappa shape index (κ2) is 9.87. The van der Waals surface area contributed by atoms with E-state index in [-0.39, 0.29) is 24.8 Å². The second-order valence-corrected chi connectivity index (χ2v) is 8.31. The first-order valence-electron chi connectivity index (χ1n) is 11.0. The summed E-state index contributed by atoms with van der Waals surface area (Å²) in [6, 6.07) is 10.9. The Bertz CT molecular complexity index is 1340. The zero-order chi connectivity index (χ0) is 25.2. The minimum atomic E-state index is -4.52. The molecule has 0 saturated carbocycles. The van der Waals surface area contributed by atoms with Gasteiger partial charge in [0.2, 0.25) is 5.69 Å². The van der Waals surface area contributed by atoms with Gasteiger partial charge in [0.25, 0.3) is 11.5 Å². The number of nitrogens with zero attached hydrogens (tertiary/aromatic N) is 3. The first kappa shape index (κ1) is 24.4. The summed E-state index contributed by atoms with van der Waals surface area (Å²) in [6.45, 7) is 2.25. The van der Waals surface area contributed by atoms with Crippen LogP contribution in [0.3, 0.4) is 0 Å². The maximum atomic E-state index is 13.2. The molecule has 1 amide bonds. The number of aryl methyl sites for hydroxylation is 1. The normalized spacial score (nSPS) is 15.8. The van der Waals surface area contributed by atoms with Crippen LogP contribution in [-0.2, 0) is 17.5 Å². The molecule has 2 heterocycles. The summed E-state index contributed by atoms with van der Waals surface area (Å²) in [4.78, 5) is 39.2. The molecule has 35 heavy (non-hydrogen) atoms. The number of halogens is 3. The molecule has 8 nitrogen and oxygen atoms in total. The Kier molecular flexibility index (Phi) is 6.88. The minimum Gasteiger partial charge on any atom is -0.376 e. The Hall–Kier alpha value is -3.73. The summed E-state index contributed by atoms with van der Waals surface area (Å²) in [7, 11) is 0. The Balaban J connectivity index is 1.74. The third-order valence-electron chi connectivity index (χ3n) is 5.66. The lowest BCUT2D eigenvalue weighted by atomic mass is 10.1. The van der Waals surface area contributed by atoms with Crippen molar-refractivity contribution in [1.82, 2.24) is 19.7 Å². The quantitative estimate of drug-likeness (QED) is 0.576. The Morgan fingerprint density at radius 1 is 1.17 bits per heavy atom. The van der Waals surface area contributed by atoms with Gasteiger partial charge in [-0.3, -0.25) is 14.2 Å². The fourth-order valence-corrected chi connectivity index (χ4v) is 3.80. The van der Waals surface area contributed by atoms with Crippen LogP contribution < -0.4 is 16.6 Å². The van der Waals surface area contributed by atoms with Crippen LogP contribution in [-0.4, -0.2) is 39.5 Å². The summed E-state index contributed by atoms with van der Waals surface area (Å²) in [5, 5.41) is 6.67. The summed E-state index contributed by atoms with van der Waals surface area (Å²) < 4.78 is 45.9. The minimum absolute atomic E-state index is 0.170. The standard InChI is InChI=1S/C24H23F3N4O4/c1-15-4-2-5-18(12-15)31-23(34)30(14-16-7-9-17(10-8-16)24(25,26)27)22(33)20(29-31)21(32)28-13-19-6-3-11-35-19/h2,4-5,7-10,12,19H,3,6,11,13-14H2,1H3,(H,28,32). The Morgan fingerprint density at radius 3 is 2.54 bits per heavy atom. The third-order valence-corrected chi connectivity index (χ3v) is 5.66. The maximum Gasteiger partial charge on any atom is 0.416 e. The van der Waals surface area contributed by atoms with Gasteiger partial charge in [-0.2, -0.15) is 23.0 Å². The van der Waals surface area contributed by atoms with E-state index >= 15 is 0 Å². The van der Waals surface area contributed by atoms with E-state index < -0.39 is 34.6 Å². The van der Waals surface area contributed by atoms with Gasteiger partial charge in [0.05, 0.1) is 23.9 Å². The average molecular weight is 488 g/mol. The van der Waals surface area contributed by atoms with Crippen molar-refractivity contribution < 1.29 is 22.7 Å². The summed E-state index contributed by atoms with van der Waals surface area (Å²) in [5.41, 5.74) is -1.68. The van der Waals surface area contributed by atoms with Crippen molar-refractivity contribution in [3.63, 3.8) is 0 Å². The summed E-state index contributed by atoms with van der Waals surface area (Å²) >= 11 is 0. The highest BCUT2D eigenvalue weighted by atomic mass is 19.4. The van der Waals surface area contributed by atoms with E-state index in [1.54, 1.807) is 18.2 Å². The zero-order valence-electron chi connectivity index (χ0n) is 18.8. The molecule has 0 radical (unpaired) electrons. The van der Waals surface area contributed by atoms with E-state index in [9.17, 15) is 27.6 Å². The van der Waals surface area contributed by atoms with Gasteiger partial charge in [-0.15, -0.1) is 0 Å². The van der Waals surface area contributed by atoms with Gasteiger partial charge in [-0.1, -0.05) is 24.3 Å². The van der Waals surface area contributed by atoms with Crippen molar-refractivity contribution in [2.24, 2.45) is 0 Å². The molecule has 11 heteroatoms. The number of nitrogens with one attached hydrogen (secondary N) is 1. The van der Waals surface area contributed by atoms with E-state index in [4.69, 9.17) is 4.74 Å². The number of hydrogen-bond acceptors (Lipinski definition) is 5. The molecule has 1 fully saturated rings. The topological polar surface area (TPSA) is 95.2 Å². The van der Waals surface area contributed by atoms with Crippen LogP contribution in [0.5, 0.6) is 0 Å². The number of aromatic nitrogens is 3. The lowest BCUT2D eigenvalue weighted by Crippen LogP contribution is -2.46. The van der Waals surface area contributed by atoms with Crippen molar-refractivity contribution >= 4 is 5.91 Å². The van der Waals surface area contributed by atoms with Crippen molar-refractivity contribution in [2.75, 3.05) is 13.2 Å². The second-order valence-electron chi connectivity index (χ2n) is 8.31. The summed E-state index contributed by atoms with van der Waals surface area (Å²) in [6.07, 6.45) is -3.04. The number of benzene rings is 2. The Morgan fingerprint density at radius 2 is 1.91 bits per heavy atom. The number of carbonyl (C=O) groups excluding carboxylic acids is 1. The van der Waals surface area contributed by atoms with Crippen LogP contribution >= 0.6 is 0 Å². The van der Waals surface area contributed by atoms with Gasteiger partial charge < -0.3 is 10.1 Å². The van der Waals surface area contributed by atoms with Gasteiger partial charge in [-0.05, 0) is 55.2 Å². The molecule has 1 N–H and O–H groups in total. The Labute approximate surface area is 198 Å². The van der Waals surface area contributed by atoms with Crippen LogP contribution in [0.25, 0.3) is 5.69 Å². The molecule has 184 valence electrons. The van der Waals surface area contributed by atoms with E-state index in [1.807, 2.05) is 13.0 Å². The first-order valence-corrected chi connectivity index (χ1v) is 11.0. The zero-order valence-corrected chi connectivity index (χ0v) is 18.8. The van der Waals surface area contributed by atoms with Gasteiger partial charge in [-0.25, -0.2) is 4.79 Å². The number of rotatable bonds is 6. The van der Waals surface area contributed by atoms with Gasteiger partial charge in [0, 0.05) is 13.2 Å². The van der Waals surface area contributed by atoms with E-state index in [2.05, 4.69) is 10.4 Å². The SMILES string of the molecule is Cc1cccc(-n2nc(C(=O)NCC3CCCO3)c(=O)n(Cc3ccc(C(F)(F)F)cc3)c2=O)c1. The average Bonchev–Trinajstić information content (AvgIpc) is 3.34. The lowest BCUT2D eigenvalue weighted by Gasteiger charge is -2.14. The highest BCUT2D eigenvalue weighted by Gasteiger charge is 2.30. The molecule has 1 saturated heterocycles. The van der Waals surface area contributed by atoms with Crippen LogP contribution in [0.4, 0.5) is 13.2 Å². The third kappa shape index (κ3) is 5.51. The highest BCUT2D eigenvalue weighted by molar-refractivity contribution is 5.91. The first-order chi connectivity index (χ1) is 16.6. The molecule has 1 aliphatic rings. The van der Waals surface area contributed by atoms with Crippen LogP contribution in [0.1, 0.15) is 40.0 Å². The molecule has 1 aliphatic heterocycles. The predicted molar refractivity (Wildman–Crippen MR) is 121 cm³/mol. The van der Waals surface area contributed by atoms with E-state index in [0.717, 1.165) is 39.8 Å². The molecule has 1 unspecified atom stereocenters. The summed E-state index contributed by atoms with van der Waals surface area (Å²) in [5.74, 6) is -0.770. The molecule has 3 aromatic rings.